The molecule has 50 valence electrons. The first-order chi connectivity index (χ1) is 0. The molecule has 0 aliphatic carbocycles. The first-order valence-electron chi connectivity index (χ1n) is 0. The van der Waals surface area contributed by atoms with Crippen molar-refractivity contribution >= 4 is 0 Å². The Labute approximate surface area is 79.9 Å². The summed E-state index contributed by atoms with van der Waals surface area (Å²) in [6.45, 7) is 0. The third kappa shape index (κ3) is 86.2. The summed E-state index contributed by atoms with van der Waals surface area (Å²) < 4.78 is 0. The van der Waals surface area contributed by atoms with Gasteiger partial charge in [0.15, 0.2) is 0 Å². The van der Waals surface area contributed by atoms with E-state index in [4.69, 9.17) is 0 Å². The smallest absolute Gasteiger partial charge is 1.00 e. The summed E-state index contributed by atoms with van der Waals surface area (Å²) in [4.78, 5) is 0. The first-order valence-corrected chi connectivity index (χ1v) is 0. The molecule has 0 fully saturated rings. The van der Waals surface area contributed by atoms with Crippen LogP contribution in [0.15, 0.2) is 0 Å². The fourth-order valence-corrected chi connectivity index (χ4v) is 0. The molecule has 0 aromatic carbocycles. The molecule has 2 radical (unpaired) electrons. The van der Waals surface area contributed by atoms with Crippen molar-refractivity contribution in [2.75, 3.05) is 0 Å². The topological polar surface area (TPSA) is 94.5 Å². The van der Waals surface area contributed by atoms with Crippen molar-refractivity contribution in [2.45, 2.75) is 0 Å². The van der Waals surface area contributed by atoms with E-state index < -0.39 is 0 Å². The van der Waals surface area contributed by atoms with E-state index in [0.717, 1.165) is 0 Å². The fraction of sp³-hybridized carbons (Fsp3) is 0. The third-order valence-electron chi connectivity index (χ3n) is 0. The Kier molecular flexibility index (Phi) is 3020. The molecule has 0 aliphatic heterocycles. The fourth-order valence-electron chi connectivity index (χ4n) is 0. The second-order valence-corrected chi connectivity index (χ2v) is 0. The molecule has 0 aromatic rings. The van der Waals surface area contributed by atoms with Gasteiger partial charge in [-0.05, 0) is 0 Å². The average molecular weight is 327 g/mol. The maximum Gasteiger partial charge on any atom is 3.00 e. The third-order valence-corrected chi connectivity index (χ3v) is 0. The Morgan fingerprint density at radius 3 is 0.429 bits per heavy atom. The summed E-state index contributed by atoms with van der Waals surface area (Å²) >= 11 is 0. The molecule has 0 aromatic heterocycles. The van der Waals surface area contributed by atoms with E-state index in [-0.39, 0.29) is 80.2 Å². The zero-order valence-electron chi connectivity index (χ0n) is 2.96. The summed E-state index contributed by atoms with van der Waals surface area (Å²) in [6, 6.07) is 0. The summed E-state index contributed by atoms with van der Waals surface area (Å²) in [5.41, 5.74) is 0. The predicted octanol–water partition coefficient (Wildman–Crippen LogP) is -8.47. The van der Waals surface area contributed by atoms with E-state index in [0.29, 0.717) is 0 Å². The SMILES string of the molecule is O.O.O.[Cl-].[Cl-].[Ru+3].[Ru+3]. The molecule has 0 saturated carbocycles. The van der Waals surface area contributed by atoms with E-state index in [1.807, 2.05) is 0 Å². The molecule has 0 unspecified atom stereocenters. The van der Waals surface area contributed by atoms with E-state index in [2.05, 4.69) is 0 Å². The number of hydrogen-bond donors (Lipinski definition) is 0. The minimum Gasteiger partial charge on any atom is -1.00 e. The standard InChI is InChI=1S/2ClH.3H2O.2Ru/h2*1H;3*1H2;;/q;;;;;2*+3/p-2. The van der Waals surface area contributed by atoms with Crippen molar-refractivity contribution in [1.29, 1.82) is 0 Å². The second-order valence-electron chi connectivity index (χ2n) is 0. The van der Waals surface area contributed by atoms with E-state index in [1.54, 1.807) is 0 Å². The van der Waals surface area contributed by atoms with Crippen molar-refractivity contribution in [3.05, 3.63) is 0 Å². The van der Waals surface area contributed by atoms with Gasteiger partial charge in [0.05, 0.1) is 0 Å². The Balaban J connectivity index is 0. The maximum atomic E-state index is 0. The molecule has 0 saturated heterocycles. The molecule has 6 N–H and O–H groups in total. The Bertz CT molecular complexity index is 10.9. The predicted molar refractivity (Wildman–Crippen MR) is 10.8 cm³/mol. The van der Waals surface area contributed by atoms with Crippen molar-refractivity contribution in [1.82, 2.24) is 0 Å². The molecule has 0 rings (SSSR count). The quantitative estimate of drug-likeness (QED) is 0.395. The Hall–Kier alpha value is 1.71. The number of halogens is 2. The molecule has 0 bridgehead atoms. The van der Waals surface area contributed by atoms with Gasteiger partial charge in [-0.3, -0.25) is 0 Å². The zero-order valence-corrected chi connectivity index (χ0v) is 7.95. The van der Waals surface area contributed by atoms with Crippen LogP contribution >= 0.6 is 0 Å². The zero-order chi connectivity index (χ0) is 0. The molecule has 7 heavy (non-hydrogen) atoms. The van der Waals surface area contributed by atoms with Gasteiger partial charge in [-0.15, -0.1) is 0 Å². The van der Waals surface area contributed by atoms with Crippen LogP contribution < -0.4 is 24.8 Å². The van der Waals surface area contributed by atoms with Gasteiger partial charge in [0.25, 0.3) is 0 Å². The van der Waals surface area contributed by atoms with Crippen molar-refractivity contribution < 1.29 is 80.2 Å². The maximum absolute atomic E-state index is 0. The Morgan fingerprint density at radius 2 is 0.429 bits per heavy atom. The summed E-state index contributed by atoms with van der Waals surface area (Å²) in [5.74, 6) is 0. The van der Waals surface area contributed by atoms with Gasteiger partial charge < -0.3 is 41.2 Å². The van der Waals surface area contributed by atoms with Gasteiger partial charge in [0.2, 0.25) is 0 Å². The first kappa shape index (κ1) is 178. The van der Waals surface area contributed by atoms with Crippen LogP contribution in [0.5, 0.6) is 0 Å². The molecule has 7 heteroatoms. The molecular formula is H6Cl2O3Ru2+4. The van der Waals surface area contributed by atoms with Crippen LogP contribution in [0.1, 0.15) is 0 Å². The van der Waals surface area contributed by atoms with Gasteiger partial charge in [0, 0.05) is 0 Å². The van der Waals surface area contributed by atoms with Gasteiger partial charge in [0.1, 0.15) is 0 Å². The van der Waals surface area contributed by atoms with Crippen LogP contribution in [0.2, 0.25) is 0 Å². The molecule has 0 heterocycles. The minimum absolute atomic E-state index is 0. The van der Waals surface area contributed by atoms with Crippen molar-refractivity contribution in [3.63, 3.8) is 0 Å². The molecule has 0 amide bonds. The van der Waals surface area contributed by atoms with Crippen LogP contribution in [-0.4, -0.2) is 16.4 Å². The summed E-state index contributed by atoms with van der Waals surface area (Å²) in [7, 11) is 0. The van der Waals surface area contributed by atoms with Gasteiger partial charge in [-0.2, -0.15) is 0 Å². The minimum atomic E-state index is 0. The summed E-state index contributed by atoms with van der Waals surface area (Å²) in [6.07, 6.45) is 0. The molecular weight excluding hydrogens is 321 g/mol. The number of rotatable bonds is 0. The van der Waals surface area contributed by atoms with Crippen LogP contribution in [-0.2, 0) is 39.0 Å². The van der Waals surface area contributed by atoms with E-state index in [1.165, 1.54) is 0 Å². The van der Waals surface area contributed by atoms with Crippen molar-refractivity contribution in [3.8, 4) is 0 Å². The van der Waals surface area contributed by atoms with Crippen molar-refractivity contribution in [2.24, 2.45) is 0 Å². The van der Waals surface area contributed by atoms with Gasteiger partial charge >= 0.3 is 39.0 Å². The molecule has 3 nitrogen and oxygen atoms in total. The van der Waals surface area contributed by atoms with Crippen LogP contribution in [0.3, 0.4) is 0 Å². The molecule has 0 atom stereocenters. The number of hydrogen-bond acceptors (Lipinski definition) is 0. The average Bonchev–Trinajstić information content (AvgIpc) is 0. The normalized spacial score (nSPS) is 0. The second kappa shape index (κ2) is 119. The van der Waals surface area contributed by atoms with Crippen LogP contribution in [0.4, 0.5) is 0 Å². The Morgan fingerprint density at radius 1 is 0.429 bits per heavy atom. The van der Waals surface area contributed by atoms with Gasteiger partial charge in [-0.25, -0.2) is 0 Å². The van der Waals surface area contributed by atoms with Crippen LogP contribution in [0, 0.1) is 0 Å². The van der Waals surface area contributed by atoms with E-state index in [9.17, 15) is 0 Å². The van der Waals surface area contributed by atoms with Gasteiger partial charge in [-0.1, -0.05) is 0 Å². The molecule has 0 aliphatic rings. The monoisotopic (exact) mass is 328 g/mol. The molecule has 0 spiro atoms. The summed E-state index contributed by atoms with van der Waals surface area (Å²) in [5, 5.41) is 0. The van der Waals surface area contributed by atoms with Crippen LogP contribution in [0.25, 0.3) is 0 Å². The largest absolute Gasteiger partial charge is 3.00 e. The van der Waals surface area contributed by atoms with E-state index >= 15 is 0 Å².